The van der Waals surface area contributed by atoms with E-state index in [0.717, 1.165) is 19.5 Å². The van der Waals surface area contributed by atoms with Gasteiger partial charge in [-0.3, -0.25) is 4.90 Å². The topological polar surface area (TPSA) is 23.5 Å². The molecule has 2 rings (SSSR count). The number of nitrogens with zero attached hydrogens (tertiary/aromatic N) is 1. The molecule has 0 amide bonds. The van der Waals surface area contributed by atoms with Crippen molar-refractivity contribution >= 4 is 0 Å². The van der Waals surface area contributed by atoms with Crippen LogP contribution >= 0.6 is 0 Å². The fraction of sp³-hybridized carbons (Fsp3) is 0.600. The van der Waals surface area contributed by atoms with Crippen molar-refractivity contribution < 1.29 is 5.11 Å². The van der Waals surface area contributed by atoms with Crippen LogP contribution in [-0.2, 0) is 6.42 Å². The van der Waals surface area contributed by atoms with E-state index in [2.05, 4.69) is 36.1 Å². The van der Waals surface area contributed by atoms with Gasteiger partial charge >= 0.3 is 0 Å². The second-order valence-electron chi connectivity index (χ2n) is 4.89. The lowest BCUT2D eigenvalue weighted by atomic mass is 10.0. The summed E-state index contributed by atoms with van der Waals surface area (Å²) in [7, 11) is 0. The van der Waals surface area contributed by atoms with Gasteiger partial charge in [0.05, 0.1) is 12.6 Å². The summed E-state index contributed by atoms with van der Waals surface area (Å²) in [5, 5.41) is 9.62. The molecule has 17 heavy (non-hydrogen) atoms. The smallest absolute Gasteiger partial charge is 0.0628 e. The fourth-order valence-corrected chi connectivity index (χ4v) is 2.64. The molecule has 94 valence electrons. The molecule has 1 aromatic rings. The monoisotopic (exact) mass is 233 g/mol. The van der Waals surface area contributed by atoms with Gasteiger partial charge in [-0.15, -0.1) is 0 Å². The first-order chi connectivity index (χ1) is 8.35. The van der Waals surface area contributed by atoms with Gasteiger partial charge in [-0.05, 0) is 43.5 Å². The molecule has 0 bridgehead atoms. The van der Waals surface area contributed by atoms with Gasteiger partial charge in [0, 0.05) is 0 Å². The van der Waals surface area contributed by atoms with Gasteiger partial charge in [-0.1, -0.05) is 37.6 Å². The number of aryl methyl sites for hydroxylation is 1. The van der Waals surface area contributed by atoms with E-state index in [1.54, 1.807) is 0 Å². The van der Waals surface area contributed by atoms with Crippen LogP contribution in [0.5, 0.6) is 0 Å². The highest BCUT2D eigenvalue weighted by atomic mass is 16.3. The molecular formula is C15H23NO. The molecule has 1 heterocycles. The Balaban J connectivity index is 2.10. The lowest BCUT2D eigenvalue weighted by Gasteiger charge is -2.33. The minimum Gasteiger partial charge on any atom is -0.394 e. The highest BCUT2D eigenvalue weighted by molar-refractivity contribution is 5.25. The van der Waals surface area contributed by atoms with Crippen LogP contribution in [0.15, 0.2) is 24.3 Å². The van der Waals surface area contributed by atoms with Crippen LogP contribution in [0.2, 0.25) is 0 Å². The minimum atomic E-state index is 0.196. The summed E-state index contributed by atoms with van der Waals surface area (Å²) in [6.07, 6.45) is 4.95. The zero-order valence-corrected chi connectivity index (χ0v) is 10.7. The average Bonchev–Trinajstić information content (AvgIpc) is 2.42. The van der Waals surface area contributed by atoms with Crippen molar-refractivity contribution in [2.75, 3.05) is 19.7 Å². The predicted molar refractivity (Wildman–Crippen MR) is 71.1 cm³/mol. The van der Waals surface area contributed by atoms with E-state index >= 15 is 0 Å². The first-order valence-corrected chi connectivity index (χ1v) is 6.79. The van der Waals surface area contributed by atoms with E-state index in [4.69, 9.17) is 0 Å². The van der Waals surface area contributed by atoms with Crippen molar-refractivity contribution in [1.82, 2.24) is 4.90 Å². The minimum absolute atomic E-state index is 0.196. The van der Waals surface area contributed by atoms with Gasteiger partial charge in [-0.2, -0.15) is 0 Å². The van der Waals surface area contributed by atoms with Crippen LogP contribution in [0.25, 0.3) is 0 Å². The lowest BCUT2D eigenvalue weighted by Crippen LogP contribution is -2.35. The van der Waals surface area contributed by atoms with Crippen molar-refractivity contribution in [1.29, 1.82) is 0 Å². The zero-order chi connectivity index (χ0) is 12.1. The Labute approximate surface area is 104 Å². The molecule has 0 saturated carbocycles. The van der Waals surface area contributed by atoms with Crippen LogP contribution in [0.1, 0.15) is 43.4 Å². The van der Waals surface area contributed by atoms with E-state index < -0.39 is 0 Å². The quantitative estimate of drug-likeness (QED) is 0.864. The third-order valence-electron chi connectivity index (χ3n) is 3.78. The Morgan fingerprint density at radius 1 is 1.12 bits per heavy atom. The van der Waals surface area contributed by atoms with Gasteiger partial charge in [0.2, 0.25) is 0 Å². The van der Waals surface area contributed by atoms with Crippen molar-refractivity contribution in [2.45, 2.75) is 38.6 Å². The van der Waals surface area contributed by atoms with E-state index in [0.29, 0.717) is 0 Å². The number of likely N-dealkylation sites (tertiary alicyclic amines) is 1. The first-order valence-electron chi connectivity index (χ1n) is 6.79. The van der Waals surface area contributed by atoms with Crippen LogP contribution in [-0.4, -0.2) is 29.7 Å². The first kappa shape index (κ1) is 12.6. The summed E-state index contributed by atoms with van der Waals surface area (Å²) in [4.78, 5) is 2.42. The molecule has 1 atom stereocenters. The molecule has 2 heteroatoms. The number of benzene rings is 1. The zero-order valence-electron chi connectivity index (χ0n) is 10.7. The lowest BCUT2D eigenvalue weighted by molar-refractivity contribution is 0.104. The third-order valence-corrected chi connectivity index (χ3v) is 3.78. The van der Waals surface area contributed by atoms with Crippen molar-refractivity contribution in [2.24, 2.45) is 0 Å². The molecule has 1 N–H and O–H groups in total. The number of hydrogen-bond acceptors (Lipinski definition) is 2. The highest BCUT2D eigenvalue weighted by Gasteiger charge is 2.21. The maximum atomic E-state index is 9.62. The summed E-state index contributed by atoms with van der Waals surface area (Å²) >= 11 is 0. The Morgan fingerprint density at radius 2 is 1.76 bits per heavy atom. The summed E-state index contributed by atoms with van der Waals surface area (Å²) in [6, 6.07) is 8.91. The van der Waals surface area contributed by atoms with E-state index in [-0.39, 0.29) is 12.6 Å². The van der Waals surface area contributed by atoms with Gasteiger partial charge in [0.1, 0.15) is 0 Å². The Morgan fingerprint density at radius 3 is 2.29 bits per heavy atom. The SMILES string of the molecule is CCc1ccc([C@@H](CO)N2CCCCC2)cc1. The highest BCUT2D eigenvalue weighted by Crippen LogP contribution is 2.24. The molecule has 0 aromatic heterocycles. The van der Waals surface area contributed by atoms with Crippen molar-refractivity contribution in [3.63, 3.8) is 0 Å². The second kappa shape index (κ2) is 6.18. The Kier molecular flexibility index (Phi) is 4.57. The fourth-order valence-electron chi connectivity index (χ4n) is 2.64. The number of rotatable bonds is 4. The average molecular weight is 233 g/mol. The van der Waals surface area contributed by atoms with Crippen LogP contribution in [0, 0.1) is 0 Å². The molecule has 0 radical (unpaired) electrons. The second-order valence-corrected chi connectivity index (χ2v) is 4.89. The summed E-state index contributed by atoms with van der Waals surface area (Å²) < 4.78 is 0. The van der Waals surface area contributed by atoms with Crippen molar-refractivity contribution in [3.05, 3.63) is 35.4 Å². The van der Waals surface area contributed by atoms with Crippen molar-refractivity contribution in [3.8, 4) is 0 Å². The molecule has 0 unspecified atom stereocenters. The molecule has 1 fully saturated rings. The molecule has 1 aliphatic rings. The molecule has 0 spiro atoms. The molecule has 1 aliphatic heterocycles. The molecule has 2 nitrogen and oxygen atoms in total. The van der Waals surface area contributed by atoms with E-state index in [9.17, 15) is 5.11 Å². The Bertz CT molecular complexity index is 327. The maximum Gasteiger partial charge on any atom is 0.0628 e. The summed E-state index contributed by atoms with van der Waals surface area (Å²) in [6.45, 7) is 4.65. The van der Waals surface area contributed by atoms with Crippen LogP contribution < -0.4 is 0 Å². The number of aliphatic hydroxyl groups is 1. The largest absolute Gasteiger partial charge is 0.394 e. The summed E-state index contributed by atoms with van der Waals surface area (Å²) in [5.41, 5.74) is 2.62. The molecule has 1 aromatic carbocycles. The summed E-state index contributed by atoms with van der Waals surface area (Å²) in [5.74, 6) is 0. The standard InChI is InChI=1S/C15H23NO/c1-2-13-6-8-14(9-7-13)15(12-17)16-10-4-3-5-11-16/h6-9,15,17H,2-5,10-12H2,1H3/t15-/m1/s1. The van der Waals surface area contributed by atoms with E-state index in [1.165, 1.54) is 30.4 Å². The molecule has 0 aliphatic carbocycles. The van der Waals surface area contributed by atoms with Gasteiger partial charge in [0.25, 0.3) is 0 Å². The van der Waals surface area contributed by atoms with Gasteiger partial charge in [-0.25, -0.2) is 0 Å². The Hall–Kier alpha value is -0.860. The number of hydrogen-bond donors (Lipinski definition) is 1. The van der Waals surface area contributed by atoms with Crippen LogP contribution in [0.3, 0.4) is 0 Å². The molecule has 1 saturated heterocycles. The maximum absolute atomic E-state index is 9.62. The third kappa shape index (κ3) is 3.08. The normalized spacial score (nSPS) is 19.2. The van der Waals surface area contributed by atoms with Crippen LogP contribution in [0.4, 0.5) is 0 Å². The van der Waals surface area contributed by atoms with Gasteiger partial charge < -0.3 is 5.11 Å². The predicted octanol–water partition coefficient (Wildman–Crippen LogP) is 2.77. The number of piperidine rings is 1. The number of aliphatic hydroxyl groups excluding tert-OH is 1. The van der Waals surface area contributed by atoms with Gasteiger partial charge in [0.15, 0.2) is 0 Å². The van der Waals surface area contributed by atoms with E-state index in [1.807, 2.05) is 0 Å². The molecular weight excluding hydrogens is 210 g/mol.